The highest BCUT2D eigenvalue weighted by Gasteiger charge is 2.56. The van der Waals surface area contributed by atoms with Gasteiger partial charge in [0, 0.05) is 19.2 Å². The Morgan fingerprint density at radius 2 is 1.96 bits per heavy atom. The number of amides is 2. The van der Waals surface area contributed by atoms with Crippen molar-refractivity contribution in [1.29, 1.82) is 0 Å². The van der Waals surface area contributed by atoms with E-state index in [9.17, 15) is 14.4 Å². The van der Waals surface area contributed by atoms with Crippen molar-refractivity contribution in [1.82, 2.24) is 9.80 Å². The lowest BCUT2D eigenvalue weighted by Crippen LogP contribution is -2.57. The Bertz CT molecular complexity index is 700. The van der Waals surface area contributed by atoms with Gasteiger partial charge in [-0.15, -0.1) is 0 Å². The number of hydrogen-bond donors (Lipinski definition) is 0. The van der Waals surface area contributed by atoms with Crippen LogP contribution in [0.5, 0.6) is 0 Å². The Kier molecular flexibility index (Phi) is 4.24. The fourth-order valence-electron chi connectivity index (χ4n) is 3.76. The summed E-state index contributed by atoms with van der Waals surface area (Å²) in [7, 11) is 1.33. The molecule has 0 radical (unpaired) electrons. The molecule has 2 fully saturated rings. The summed E-state index contributed by atoms with van der Waals surface area (Å²) in [4.78, 5) is 39.9. The lowest BCUT2D eigenvalue weighted by Gasteiger charge is -2.41. The van der Waals surface area contributed by atoms with Crippen LogP contribution in [0.2, 0.25) is 0 Å². The number of ether oxygens (including phenoxy) is 1. The van der Waals surface area contributed by atoms with E-state index in [1.165, 1.54) is 14.0 Å². The fourth-order valence-corrected chi connectivity index (χ4v) is 3.76. The first-order chi connectivity index (χ1) is 11.5. The molecular formula is C18H20N2O4. The summed E-state index contributed by atoms with van der Waals surface area (Å²) in [6, 6.07) is 8.79. The Balaban J connectivity index is 1.98. The molecule has 3 unspecified atom stereocenters. The average Bonchev–Trinajstić information content (AvgIpc) is 2.88. The molecule has 0 aliphatic carbocycles. The van der Waals surface area contributed by atoms with Crippen molar-refractivity contribution in [3.8, 4) is 0 Å². The smallest absolute Gasteiger partial charge is 0.310 e. The first-order valence-electron chi connectivity index (χ1n) is 7.86. The number of benzene rings is 1. The summed E-state index contributed by atoms with van der Waals surface area (Å²) in [5, 5.41) is 0. The zero-order valence-corrected chi connectivity index (χ0v) is 13.8. The number of carbonyl (C=O) groups excluding carboxylic acids is 3. The number of hydrogen-bond acceptors (Lipinski definition) is 5. The van der Waals surface area contributed by atoms with Crippen molar-refractivity contribution in [2.24, 2.45) is 5.92 Å². The van der Waals surface area contributed by atoms with Crippen molar-refractivity contribution < 1.29 is 19.1 Å². The minimum atomic E-state index is -0.520. The van der Waals surface area contributed by atoms with E-state index < -0.39 is 18.0 Å². The zero-order chi connectivity index (χ0) is 17.4. The third-order valence-corrected chi connectivity index (χ3v) is 4.78. The molecule has 0 saturated carbocycles. The first kappa shape index (κ1) is 16.4. The van der Waals surface area contributed by atoms with Crippen LogP contribution in [0.15, 0.2) is 42.6 Å². The highest BCUT2D eigenvalue weighted by molar-refractivity contribution is 6.01. The van der Waals surface area contributed by atoms with Crippen LogP contribution < -0.4 is 0 Å². The van der Waals surface area contributed by atoms with Crippen molar-refractivity contribution in [3.05, 3.63) is 48.2 Å². The summed E-state index contributed by atoms with van der Waals surface area (Å²) in [6.07, 6.45) is 0.339. The third kappa shape index (κ3) is 2.53. The number of likely N-dealkylation sites (tertiary alicyclic amines) is 1. The van der Waals surface area contributed by atoms with Gasteiger partial charge in [0.1, 0.15) is 0 Å². The molecule has 24 heavy (non-hydrogen) atoms. The summed E-state index contributed by atoms with van der Waals surface area (Å²) >= 11 is 0. The highest BCUT2D eigenvalue weighted by Crippen LogP contribution is 2.42. The van der Waals surface area contributed by atoms with E-state index in [1.807, 2.05) is 35.2 Å². The molecule has 1 aromatic rings. The standard InChI is InChI=1S/C18H20N2O4/c1-11-16-14(18(23)24-3)9-15(17(22)20(11)12(2)21)19(16)10-13-7-5-4-6-8-13/h4-8,14-16H,1,9-10H2,2-3H3. The number of carbonyl (C=O) groups is 3. The van der Waals surface area contributed by atoms with Gasteiger partial charge in [-0.25, -0.2) is 0 Å². The van der Waals surface area contributed by atoms with Gasteiger partial charge in [0.25, 0.3) is 5.91 Å². The molecule has 2 bridgehead atoms. The van der Waals surface area contributed by atoms with Gasteiger partial charge in [0.2, 0.25) is 5.91 Å². The summed E-state index contributed by atoms with van der Waals surface area (Å²) < 4.78 is 4.90. The van der Waals surface area contributed by atoms with Crippen molar-refractivity contribution in [2.45, 2.75) is 32.0 Å². The molecule has 2 aliphatic rings. The number of fused-ring (bicyclic) bond motifs is 2. The Morgan fingerprint density at radius 3 is 2.54 bits per heavy atom. The average molecular weight is 328 g/mol. The normalized spacial score (nSPS) is 26.6. The lowest BCUT2D eigenvalue weighted by atomic mass is 9.98. The molecule has 0 spiro atoms. The molecule has 126 valence electrons. The molecule has 2 aliphatic heterocycles. The SMILES string of the molecule is C=C1C2C(C(=O)OC)CC(C(=O)N1C(C)=O)N2Cc1ccccc1. The zero-order valence-electron chi connectivity index (χ0n) is 13.8. The number of esters is 1. The van der Waals surface area contributed by atoms with E-state index in [2.05, 4.69) is 6.58 Å². The van der Waals surface area contributed by atoms with Gasteiger partial charge in [-0.2, -0.15) is 0 Å². The van der Waals surface area contributed by atoms with E-state index in [0.29, 0.717) is 18.7 Å². The van der Waals surface area contributed by atoms with Gasteiger partial charge >= 0.3 is 5.97 Å². The molecule has 3 rings (SSSR count). The molecule has 3 atom stereocenters. The monoisotopic (exact) mass is 328 g/mol. The second-order valence-electron chi connectivity index (χ2n) is 6.17. The third-order valence-electron chi connectivity index (χ3n) is 4.78. The molecule has 2 heterocycles. The number of nitrogens with zero attached hydrogens (tertiary/aromatic N) is 2. The van der Waals surface area contributed by atoms with Crippen LogP contribution in [0.4, 0.5) is 0 Å². The second kappa shape index (κ2) is 6.20. The molecule has 6 nitrogen and oxygen atoms in total. The minimum absolute atomic E-state index is 0.314. The Hall–Kier alpha value is -2.47. The largest absolute Gasteiger partial charge is 0.469 e. The maximum atomic E-state index is 12.7. The van der Waals surface area contributed by atoms with Crippen LogP contribution in [-0.2, 0) is 25.7 Å². The summed E-state index contributed by atoms with van der Waals surface area (Å²) in [5.74, 6) is -1.56. The first-order valence-corrected chi connectivity index (χ1v) is 7.86. The molecule has 6 heteroatoms. The van der Waals surface area contributed by atoms with Gasteiger partial charge in [0.15, 0.2) is 0 Å². The van der Waals surface area contributed by atoms with Crippen LogP contribution in [0.25, 0.3) is 0 Å². The van der Waals surface area contributed by atoms with Crippen LogP contribution in [0.3, 0.4) is 0 Å². The predicted molar refractivity (Wildman–Crippen MR) is 86.4 cm³/mol. The maximum Gasteiger partial charge on any atom is 0.310 e. The fraction of sp³-hybridized carbons (Fsp3) is 0.389. The number of piperazine rings is 1. The van der Waals surface area contributed by atoms with Gasteiger partial charge in [-0.1, -0.05) is 36.9 Å². The maximum absolute atomic E-state index is 12.7. The van der Waals surface area contributed by atoms with Crippen LogP contribution >= 0.6 is 0 Å². The van der Waals surface area contributed by atoms with Crippen LogP contribution in [0.1, 0.15) is 18.9 Å². The Labute approximate surface area is 140 Å². The topological polar surface area (TPSA) is 66.9 Å². The van der Waals surface area contributed by atoms with Gasteiger partial charge in [-0.3, -0.25) is 24.2 Å². The molecule has 0 N–H and O–H groups in total. The summed E-state index contributed by atoms with van der Waals surface area (Å²) in [6.45, 7) is 5.79. The van der Waals surface area contributed by atoms with Crippen LogP contribution in [-0.4, -0.2) is 46.8 Å². The number of methoxy groups -OCH3 is 1. The van der Waals surface area contributed by atoms with E-state index in [0.717, 1.165) is 10.5 Å². The van der Waals surface area contributed by atoms with E-state index in [1.54, 1.807) is 0 Å². The predicted octanol–water partition coefficient (Wildman–Crippen LogP) is 1.32. The molecular weight excluding hydrogens is 308 g/mol. The lowest BCUT2D eigenvalue weighted by molar-refractivity contribution is -0.150. The Morgan fingerprint density at radius 1 is 1.29 bits per heavy atom. The van der Waals surface area contributed by atoms with Crippen LogP contribution in [0, 0.1) is 5.92 Å². The van der Waals surface area contributed by atoms with E-state index in [4.69, 9.17) is 4.74 Å². The number of imide groups is 1. The van der Waals surface area contributed by atoms with Gasteiger partial charge in [0.05, 0.1) is 25.1 Å². The summed E-state index contributed by atoms with van der Waals surface area (Å²) in [5.41, 5.74) is 1.39. The molecule has 1 aromatic carbocycles. The van der Waals surface area contributed by atoms with Crippen molar-refractivity contribution in [3.63, 3.8) is 0 Å². The number of rotatable bonds is 3. The highest BCUT2D eigenvalue weighted by atomic mass is 16.5. The van der Waals surface area contributed by atoms with Crippen molar-refractivity contribution in [2.75, 3.05) is 7.11 Å². The molecule has 0 aromatic heterocycles. The van der Waals surface area contributed by atoms with Gasteiger partial charge < -0.3 is 4.74 Å². The molecule has 2 saturated heterocycles. The van der Waals surface area contributed by atoms with Crippen molar-refractivity contribution >= 4 is 17.8 Å². The quantitative estimate of drug-likeness (QED) is 0.783. The van der Waals surface area contributed by atoms with Gasteiger partial charge in [-0.05, 0) is 12.0 Å². The second-order valence-corrected chi connectivity index (χ2v) is 6.17. The minimum Gasteiger partial charge on any atom is -0.469 e. The van der Waals surface area contributed by atoms with E-state index in [-0.39, 0.29) is 17.8 Å². The van der Waals surface area contributed by atoms with E-state index >= 15 is 0 Å². The molecule has 2 amide bonds.